The van der Waals surface area contributed by atoms with Gasteiger partial charge in [-0.3, -0.25) is 0 Å². The second-order valence-corrected chi connectivity index (χ2v) is 4.30. The van der Waals surface area contributed by atoms with E-state index in [2.05, 4.69) is 15.3 Å². The number of nitrogens with zero attached hydrogens (tertiary/aromatic N) is 2. The first-order chi connectivity index (χ1) is 9.71. The number of rotatable bonds is 6. The van der Waals surface area contributed by atoms with E-state index in [0.29, 0.717) is 24.2 Å². The van der Waals surface area contributed by atoms with Crippen molar-refractivity contribution in [3.63, 3.8) is 0 Å². The van der Waals surface area contributed by atoms with Crippen LogP contribution in [-0.2, 0) is 6.54 Å². The van der Waals surface area contributed by atoms with E-state index in [1.807, 2.05) is 45.2 Å². The fourth-order valence-electron chi connectivity index (χ4n) is 1.83. The van der Waals surface area contributed by atoms with Crippen LogP contribution in [-0.4, -0.2) is 23.6 Å². The Balaban J connectivity index is 2.18. The molecule has 2 rings (SSSR count). The van der Waals surface area contributed by atoms with Gasteiger partial charge in [0.05, 0.1) is 12.7 Å². The summed E-state index contributed by atoms with van der Waals surface area (Å²) in [5.74, 6) is 2.39. The normalized spacial score (nSPS) is 10.3. The van der Waals surface area contributed by atoms with Gasteiger partial charge in [-0.15, -0.1) is 0 Å². The number of ether oxygens (including phenoxy) is 2. The maximum absolute atomic E-state index is 5.77. The van der Waals surface area contributed by atoms with Crippen LogP contribution in [0.3, 0.4) is 0 Å². The summed E-state index contributed by atoms with van der Waals surface area (Å²) in [4.78, 5) is 8.45. The zero-order valence-electron chi connectivity index (χ0n) is 12.0. The van der Waals surface area contributed by atoms with Crippen molar-refractivity contribution in [3.8, 4) is 17.5 Å². The highest BCUT2D eigenvalue weighted by atomic mass is 16.5. The Bertz CT molecular complexity index is 573. The molecule has 20 heavy (non-hydrogen) atoms. The number of hydrogen-bond acceptors (Lipinski definition) is 5. The average Bonchev–Trinajstić information content (AvgIpc) is 2.39. The Morgan fingerprint density at radius 1 is 1.15 bits per heavy atom. The lowest BCUT2D eigenvalue weighted by molar-refractivity contribution is 0.321. The molecule has 0 spiro atoms. The van der Waals surface area contributed by atoms with Crippen molar-refractivity contribution < 1.29 is 9.47 Å². The topological polar surface area (TPSA) is 56.3 Å². The molecule has 1 aromatic carbocycles. The highest BCUT2D eigenvalue weighted by molar-refractivity contribution is 5.32. The van der Waals surface area contributed by atoms with Gasteiger partial charge in [0.15, 0.2) is 0 Å². The molecule has 1 aromatic heterocycles. The fourth-order valence-corrected chi connectivity index (χ4v) is 1.83. The standard InChI is InChI=1S/C15H19N3O2/c1-4-19-14-9-15(18-11(2)17-14)20-13-7-5-6-12(8-13)10-16-3/h5-9,16H,4,10H2,1-3H3. The summed E-state index contributed by atoms with van der Waals surface area (Å²) in [6, 6.07) is 9.58. The maximum atomic E-state index is 5.77. The van der Waals surface area contributed by atoms with E-state index in [0.717, 1.165) is 17.9 Å². The Morgan fingerprint density at radius 3 is 2.70 bits per heavy atom. The van der Waals surface area contributed by atoms with Crippen LogP contribution in [0.15, 0.2) is 30.3 Å². The summed E-state index contributed by atoms with van der Waals surface area (Å²) >= 11 is 0. The van der Waals surface area contributed by atoms with Gasteiger partial charge < -0.3 is 14.8 Å². The second kappa shape index (κ2) is 6.86. The number of hydrogen-bond donors (Lipinski definition) is 1. The molecule has 0 fully saturated rings. The van der Waals surface area contributed by atoms with Crippen LogP contribution in [0.5, 0.6) is 17.5 Å². The Labute approximate surface area is 119 Å². The van der Waals surface area contributed by atoms with Crippen molar-refractivity contribution in [1.82, 2.24) is 15.3 Å². The van der Waals surface area contributed by atoms with Gasteiger partial charge in [-0.2, -0.15) is 9.97 Å². The SMILES string of the molecule is CCOc1cc(Oc2cccc(CNC)c2)nc(C)n1. The molecule has 0 atom stereocenters. The third-order valence-electron chi connectivity index (χ3n) is 2.58. The van der Waals surface area contributed by atoms with Crippen molar-refractivity contribution in [1.29, 1.82) is 0 Å². The first-order valence-electron chi connectivity index (χ1n) is 6.61. The molecule has 0 aliphatic carbocycles. The summed E-state index contributed by atoms with van der Waals surface area (Å²) in [5, 5.41) is 3.11. The minimum Gasteiger partial charge on any atom is -0.478 e. The number of nitrogens with one attached hydrogen (secondary N) is 1. The molecule has 0 radical (unpaired) electrons. The van der Waals surface area contributed by atoms with Gasteiger partial charge in [-0.05, 0) is 38.6 Å². The van der Waals surface area contributed by atoms with Gasteiger partial charge >= 0.3 is 0 Å². The smallest absolute Gasteiger partial charge is 0.226 e. The Hall–Kier alpha value is -2.14. The second-order valence-electron chi connectivity index (χ2n) is 4.30. The molecule has 0 unspecified atom stereocenters. The average molecular weight is 273 g/mol. The first-order valence-corrected chi connectivity index (χ1v) is 6.61. The van der Waals surface area contributed by atoms with E-state index in [1.54, 1.807) is 6.07 Å². The van der Waals surface area contributed by atoms with Gasteiger partial charge in [-0.1, -0.05) is 12.1 Å². The van der Waals surface area contributed by atoms with Gasteiger partial charge in [-0.25, -0.2) is 0 Å². The molecule has 0 bridgehead atoms. The van der Waals surface area contributed by atoms with Crippen molar-refractivity contribution in [2.24, 2.45) is 0 Å². The molecular weight excluding hydrogens is 254 g/mol. The largest absolute Gasteiger partial charge is 0.478 e. The van der Waals surface area contributed by atoms with Crippen molar-refractivity contribution >= 4 is 0 Å². The molecule has 1 heterocycles. The number of aromatic nitrogens is 2. The summed E-state index contributed by atoms with van der Waals surface area (Å²) in [7, 11) is 1.91. The highest BCUT2D eigenvalue weighted by Crippen LogP contribution is 2.23. The van der Waals surface area contributed by atoms with E-state index >= 15 is 0 Å². The molecule has 5 nitrogen and oxygen atoms in total. The molecule has 0 saturated carbocycles. The van der Waals surface area contributed by atoms with Gasteiger partial charge in [0.1, 0.15) is 11.6 Å². The van der Waals surface area contributed by atoms with Gasteiger partial charge in [0.25, 0.3) is 0 Å². The van der Waals surface area contributed by atoms with E-state index in [9.17, 15) is 0 Å². The Morgan fingerprint density at radius 2 is 1.95 bits per heavy atom. The third kappa shape index (κ3) is 3.93. The van der Waals surface area contributed by atoms with Crippen molar-refractivity contribution in [2.75, 3.05) is 13.7 Å². The van der Waals surface area contributed by atoms with Crippen molar-refractivity contribution in [2.45, 2.75) is 20.4 Å². The predicted molar refractivity (Wildman–Crippen MR) is 77.2 cm³/mol. The fraction of sp³-hybridized carbons (Fsp3) is 0.333. The zero-order valence-corrected chi connectivity index (χ0v) is 12.0. The van der Waals surface area contributed by atoms with Crippen LogP contribution >= 0.6 is 0 Å². The van der Waals surface area contributed by atoms with Crippen LogP contribution in [0.25, 0.3) is 0 Å². The van der Waals surface area contributed by atoms with E-state index in [1.165, 1.54) is 0 Å². The molecule has 0 aliphatic rings. The molecule has 0 aliphatic heterocycles. The van der Waals surface area contributed by atoms with Crippen LogP contribution < -0.4 is 14.8 Å². The summed E-state index contributed by atoms with van der Waals surface area (Å²) in [5.41, 5.74) is 1.15. The lowest BCUT2D eigenvalue weighted by Crippen LogP contribution is -2.04. The number of benzene rings is 1. The molecular formula is C15H19N3O2. The molecule has 5 heteroatoms. The molecule has 2 aromatic rings. The maximum Gasteiger partial charge on any atom is 0.226 e. The molecule has 0 saturated heterocycles. The van der Waals surface area contributed by atoms with Crippen LogP contribution in [0, 0.1) is 6.92 Å². The lowest BCUT2D eigenvalue weighted by atomic mass is 10.2. The zero-order chi connectivity index (χ0) is 14.4. The van der Waals surface area contributed by atoms with Crippen LogP contribution in [0.2, 0.25) is 0 Å². The summed E-state index contributed by atoms with van der Waals surface area (Å²) in [6.45, 7) is 5.09. The van der Waals surface area contributed by atoms with E-state index < -0.39 is 0 Å². The first kappa shape index (κ1) is 14.3. The van der Waals surface area contributed by atoms with E-state index in [4.69, 9.17) is 9.47 Å². The minimum atomic E-state index is 0.488. The van der Waals surface area contributed by atoms with Crippen molar-refractivity contribution in [3.05, 3.63) is 41.7 Å². The molecule has 0 amide bonds. The lowest BCUT2D eigenvalue weighted by Gasteiger charge is -2.09. The Kier molecular flexibility index (Phi) is 4.90. The monoisotopic (exact) mass is 273 g/mol. The van der Waals surface area contributed by atoms with Crippen LogP contribution in [0.1, 0.15) is 18.3 Å². The molecule has 1 N–H and O–H groups in total. The molecule has 106 valence electrons. The third-order valence-corrected chi connectivity index (χ3v) is 2.58. The summed E-state index contributed by atoms with van der Waals surface area (Å²) < 4.78 is 11.2. The minimum absolute atomic E-state index is 0.488. The highest BCUT2D eigenvalue weighted by Gasteiger charge is 2.05. The van der Waals surface area contributed by atoms with E-state index in [-0.39, 0.29) is 0 Å². The van der Waals surface area contributed by atoms with Gasteiger partial charge in [0.2, 0.25) is 11.8 Å². The predicted octanol–water partition coefficient (Wildman–Crippen LogP) is 2.70. The quantitative estimate of drug-likeness (QED) is 0.877. The van der Waals surface area contributed by atoms with Crippen LogP contribution in [0.4, 0.5) is 0 Å². The summed E-state index contributed by atoms with van der Waals surface area (Å²) in [6.07, 6.45) is 0. The van der Waals surface area contributed by atoms with Gasteiger partial charge in [0, 0.05) is 6.54 Å². The number of aryl methyl sites for hydroxylation is 1.